The molecule has 0 spiro atoms. The van der Waals surface area contributed by atoms with E-state index in [-0.39, 0.29) is 0 Å². The van der Waals surface area contributed by atoms with Crippen molar-refractivity contribution in [1.82, 2.24) is 5.32 Å². The minimum absolute atomic E-state index is 0.604. The fourth-order valence-corrected chi connectivity index (χ4v) is 1.55. The van der Waals surface area contributed by atoms with Crippen molar-refractivity contribution in [3.8, 4) is 0 Å². The van der Waals surface area contributed by atoms with Crippen LogP contribution in [-0.2, 0) is 4.79 Å². The van der Waals surface area contributed by atoms with E-state index >= 15 is 0 Å². The monoisotopic (exact) mass is 295 g/mol. The zero-order chi connectivity index (χ0) is 12.3. The Morgan fingerprint density at radius 3 is 2.56 bits per heavy atom. The molecule has 0 saturated heterocycles. The fourth-order valence-electron chi connectivity index (χ4n) is 1.14. The first-order chi connectivity index (χ1) is 7.30. The summed E-state index contributed by atoms with van der Waals surface area (Å²) in [5, 5.41) is 1.88. The minimum atomic E-state index is -4.85. The highest BCUT2D eigenvalue weighted by atomic mass is 79.9. The van der Waals surface area contributed by atoms with Gasteiger partial charge in [0.15, 0.2) is 0 Å². The molecular weight excluding hydrogens is 287 g/mol. The molecule has 1 atom stereocenters. The van der Waals surface area contributed by atoms with Gasteiger partial charge in [-0.3, -0.25) is 4.79 Å². The molecule has 1 rings (SSSR count). The summed E-state index contributed by atoms with van der Waals surface area (Å²) in [4.78, 5) is 10.7. The van der Waals surface area contributed by atoms with Crippen molar-refractivity contribution < 1.29 is 18.0 Å². The second kappa shape index (κ2) is 4.86. The van der Waals surface area contributed by atoms with Gasteiger partial charge in [0.25, 0.3) is 0 Å². The Hall–Kier alpha value is -1.04. The Bertz CT molecular complexity index is 392. The lowest BCUT2D eigenvalue weighted by molar-refractivity contribution is -0.174. The maximum Gasteiger partial charge on any atom is 0.471 e. The van der Waals surface area contributed by atoms with E-state index in [1.807, 2.05) is 5.32 Å². The SMILES string of the molecule is CC(NC(=O)C(F)(F)F)c1cccc(Br)c1. The number of carbonyl (C=O) groups excluding carboxylic acids is 1. The molecule has 0 heterocycles. The number of hydrogen-bond acceptors (Lipinski definition) is 1. The molecule has 0 bridgehead atoms. The van der Waals surface area contributed by atoms with Crippen LogP contribution in [0, 0.1) is 0 Å². The smallest absolute Gasteiger partial charge is 0.342 e. The van der Waals surface area contributed by atoms with Crippen molar-refractivity contribution >= 4 is 21.8 Å². The molecule has 1 unspecified atom stereocenters. The van der Waals surface area contributed by atoms with Crippen molar-refractivity contribution in [3.05, 3.63) is 34.3 Å². The minimum Gasteiger partial charge on any atom is -0.342 e. The molecule has 16 heavy (non-hydrogen) atoms. The van der Waals surface area contributed by atoms with Crippen LogP contribution in [-0.4, -0.2) is 12.1 Å². The van der Waals surface area contributed by atoms with Gasteiger partial charge in [0.05, 0.1) is 6.04 Å². The molecule has 0 radical (unpaired) electrons. The first-order valence-electron chi connectivity index (χ1n) is 4.44. The standard InChI is InChI=1S/C10H9BrF3NO/c1-6(15-9(16)10(12,13)14)7-3-2-4-8(11)5-7/h2-6H,1H3,(H,15,16). The van der Waals surface area contributed by atoms with Crippen LogP contribution in [0.4, 0.5) is 13.2 Å². The van der Waals surface area contributed by atoms with Gasteiger partial charge in [-0.2, -0.15) is 13.2 Å². The Morgan fingerprint density at radius 2 is 2.06 bits per heavy atom. The summed E-state index contributed by atoms with van der Waals surface area (Å²) in [5.74, 6) is -1.93. The first kappa shape index (κ1) is 13.0. The fraction of sp³-hybridized carbons (Fsp3) is 0.300. The largest absolute Gasteiger partial charge is 0.471 e. The van der Waals surface area contributed by atoms with Crippen molar-refractivity contribution in [2.24, 2.45) is 0 Å². The van der Waals surface area contributed by atoms with Crippen molar-refractivity contribution in [2.45, 2.75) is 19.1 Å². The molecule has 6 heteroatoms. The highest BCUT2D eigenvalue weighted by molar-refractivity contribution is 9.10. The van der Waals surface area contributed by atoms with Crippen molar-refractivity contribution in [2.75, 3.05) is 0 Å². The zero-order valence-corrected chi connectivity index (χ0v) is 9.89. The van der Waals surface area contributed by atoms with Crippen LogP contribution >= 0.6 is 15.9 Å². The number of amides is 1. The van der Waals surface area contributed by atoms with Crippen LogP contribution < -0.4 is 5.32 Å². The lowest BCUT2D eigenvalue weighted by Gasteiger charge is -2.15. The first-order valence-corrected chi connectivity index (χ1v) is 5.23. The number of carbonyl (C=O) groups is 1. The van der Waals surface area contributed by atoms with Crippen LogP contribution in [0.1, 0.15) is 18.5 Å². The highest BCUT2D eigenvalue weighted by Crippen LogP contribution is 2.20. The van der Waals surface area contributed by atoms with E-state index in [1.165, 1.54) is 6.92 Å². The van der Waals surface area contributed by atoms with Gasteiger partial charge in [-0.1, -0.05) is 28.1 Å². The quantitative estimate of drug-likeness (QED) is 0.892. The molecule has 1 aromatic carbocycles. The van der Waals surface area contributed by atoms with Crippen LogP contribution in [0.25, 0.3) is 0 Å². The van der Waals surface area contributed by atoms with Gasteiger partial charge in [-0.05, 0) is 24.6 Å². The van der Waals surface area contributed by atoms with Crippen LogP contribution in [0.3, 0.4) is 0 Å². The van der Waals surface area contributed by atoms with Gasteiger partial charge >= 0.3 is 12.1 Å². The van der Waals surface area contributed by atoms with Crippen LogP contribution in [0.15, 0.2) is 28.7 Å². The van der Waals surface area contributed by atoms with Gasteiger partial charge in [0.2, 0.25) is 0 Å². The van der Waals surface area contributed by atoms with E-state index < -0.39 is 18.1 Å². The topological polar surface area (TPSA) is 29.1 Å². The molecule has 1 amide bonds. The third-order valence-corrected chi connectivity index (χ3v) is 2.45. The maximum absolute atomic E-state index is 12.0. The van der Waals surface area contributed by atoms with E-state index in [4.69, 9.17) is 0 Å². The second-order valence-corrected chi connectivity index (χ2v) is 4.16. The average molecular weight is 296 g/mol. The molecule has 0 aliphatic carbocycles. The maximum atomic E-state index is 12.0. The number of rotatable bonds is 2. The van der Waals surface area contributed by atoms with E-state index in [0.717, 1.165) is 4.47 Å². The highest BCUT2D eigenvalue weighted by Gasteiger charge is 2.39. The molecule has 88 valence electrons. The van der Waals surface area contributed by atoms with Gasteiger partial charge in [0, 0.05) is 4.47 Å². The van der Waals surface area contributed by atoms with E-state index in [1.54, 1.807) is 24.3 Å². The summed E-state index contributed by atoms with van der Waals surface area (Å²) in [6.07, 6.45) is -4.85. The Morgan fingerprint density at radius 1 is 1.44 bits per heavy atom. The Balaban J connectivity index is 2.73. The van der Waals surface area contributed by atoms with E-state index in [9.17, 15) is 18.0 Å². The normalized spacial score (nSPS) is 13.3. The predicted octanol–water partition coefficient (Wildman–Crippen LogP) is 3.19. The Kier molecular flexibility index (Phi) is 3.96. The van der Waals surface area contributed by atoms with Crippen molar-refractivity contribution in [1.29, 1.82) is 0 Å². The summed E-state index contributed by atoms with van der Waals surface area (Å²) in [7, 11) is 0. The summed E-state index contributed by atoms with van der Waals surface area (Å²) < 4.78 is 36.7. The molecule has 0 aromatic heterocycles. The number of nitrogens with one attached hydrogen (secondary N) is 1. The summed E-state index contributed by atoms with van der Waals surface area (Å²) in [5.41, 5.74) is 0.604. The third-order valence-electron chi connectivity index (χ3n) is 1.95. The molecule has 2 nitrogen and oxygen atoms in total. The van der Waals surface area contributed by atoms with Crippen LogP contribution in [0.5, 0.6) is 0 Å². The van der Waals surface area contributed by atoms with E-state index in [2.05, 4.69) is 15.9 Å². The van der Waals surface area contributed by atoms with Crippen LogP contribution in [0.2, 0.25) is 0 Å². The molecular formula is C10H9BrF3NO. The predicted molar refractivity (Wildman–Crippen MR) is 56.8 cm³/mol. The molecule has 0 fully saturated rings. The lowest BCUT2D eigenvalue weighted by Crippen LogP contribution is -2.38. The van der Waals surface area contributed by atoms with Crippen molar-refractivity contribution in [3.63, 3.8) is 0 Å². The second-order valence-electron chi connectivity index (χ2n) is 3.25. The summed E-state index contributed by atoms with van der Waals surface area (Å²) >= 11 is 3.20. The van der Waals surface area contributed by atoms with Gasteiger partial charge < -0.3 is 5.32 Å². The third kappa shape index (κ3) is 3.52. The number of alkyl halides is 3. The number of benzene rings is 1. The summed E-state index contributed by atoms with van der Waals surface area (Å²) in [6, 6.07) is 6.05. The summed E-state index contributed by atoms with van der Waals surface area (Å²) in [6.45, 7) is 1.49. The molecule has 0 saturated carbocycles. The molecule has 0 aliphatic heterocycles. The molecule has 0 aliphatic rings. The van der Waals surface area contributed by atoms with Gasteiger partial charge in [0.1, 0.15) is 0 Å². The molecule has 1 N–H and O–H groups in total. The van der Waals surface area contributed by atoms with Gasteiger partial charge in [-0.25, -0.2) is 0 Å². The molecule has 1 aromatic rings. The van der Waals surface area contributed by atoms with E-state index in [0.29, 0.717) is 5.56 Å². The lowest BCUT2D eigenvalue weighted by atomic mass is 10.1. The number of halogens is 4. The van der Waals surface area contributed by atoms with Gasteiger partial charge in [-0.15, -0.1) is 0 Å². The average Bonchev–Trinajstić information content (AvgIpc) is 2.16. The number of hydrogen-bond donors (Lipinski definition) is 1. The Labute approximate surface area is 99.0 Å². The zero-order valence-electron chi connectivity index (χ0n) is 8.31.